The second-order valence-electron chi connectivity index (χ2n) is 6.83. The second-order valence-corrected chi connectivity index (χ2v) is 6.83. The van der Waals surface area contributed by atoms with E-state index in [9.17, 15) is 5.02 Å². The van der Waals surface area contributed by atoms with E-state index in [1.54, 1.807) is 6.82 Å². The lowest BCUT2D eigenvalue weighted by molar-refractivity contribution is 0.594. The van der Waals surface area contributed by atoms with Gasteiger partial charge in [0.25, 0.3) is 0 Å². The molecule has 0 saturated carbocycles. The molecule has 0 unspecified atom stereocenters. The first-order chi connectivity index (χ1) is 13.2. The van der Waals surface area contributed by atoms with Crippen molar-refractivity contribution >= 4 is 12.4 Å². The molecule has 0 amide bonds. The molecule has 0 aliphatic heterocycles. The van der Waals surface area contributed by atoms with Gasteiger partial charge in [0.2, 0.25) is 0 Å². The van der Waals surface area contributed by atoms with Crippen LogP contribution in [0.3, 0.4) is 0 Å². The minimum Gasteiger partial charge on any atom is -0.447 e. The average molecular weight is 348 g/mol. The Morgan fingerprint density at radius 1 is 0.481 bits per heavy atom. The van der Waals surface area contributed by atoms with Crippen molar-refractivity contribution < 1.29 is 5.02 Å². The van der Waals surface area contributed by atoms with Crippen LogP contribution in [0.4, 0.5) is 0 Å². The molecule has 4 aromatic rings. The van der Waals surface area contributed by atoms with E-state index < -0.39 is 6.92 Å². The zero-order valence-corrected chi connectivity index (χ0v) is 15.3. The van der Waals surface area contributed by atoms with Crippen LogP contribution in [0, 0.1) is 0 Å². The van der Waals surface area contributed by atoms with E-state index in [2.05, 4.69) is 78.9 Å². The third kappa shape index (κ3) is 3.86. The summed E-state index contributed by atoms with van der Waals surface area (Å²) in [6.07, 6.45) is 0. The van der Waals surface area contributed by atoms with Gasteiger partial charge in [-0.15, -0.1) is 0 Å². The highest BCUT2D eigenvalue weighted by Gasteiger charge is 2.10. The molecule has 130 valence electrons. The molecule has 1 nitrogen and oxygen atoms in total. The molecule has 4 rings (SSSR count). The number of hydrogen-bond acceptors (Lipinski definition) is 1. The predicted octanol–water partition coefficient (Wildman–Crippen LogP) is 5.51. The molecule has 27 heavy (non-hydrogen) atoms. The Morgan fingerprint density at radius 3 is 1.41 bits per heavy atom. The molecule has 0 aliphatic carbocycles. The van der Waals surface area contributed by atoms with Crippen molar-refractivity contribution in [2.24, 2.45) is 0 Å². The van der Waals surface area contributed by atoms with Crippen LogP contribution in [0.15, 0.2) is 103 Å². The summed E-state index contributed by atoms with van der Waals surface area (Å²) in [5.41, 5.74) is 7.97. The maximum absolute atomic E-state index is 9.96. The molecule has 4 aromatic carbocycles. The van der Waals surface area contributed by atoms with E-state index in [1.807, 2.05) is 24.3 Å². The third-order valence-corrected chi connectivity index (χ3v) is 4.85. The standard InChI is InChI=1S/C25H21BO/c1-26(27)25-14-8-13-21(18-25)24-16-22(19-9-4-2-5-10-19)15-23(17-24)20-11-6-3-7-12-20/h2-18,27H,1H3. The molecule has 0 heterocycles. The zero-order valence-electron chi connectivity index (χ0n) is 15.3. The van der Waals surface area contributed by atoms with Crippen molar-refractivity contribution in [3.63, 3.8) is 0 Å². The lowest BCUT2D eigenvalue weighted by atomic mass is 9.64. The molecule has 0 bridgehead atoms. The molecule has 0 atom stereocenters. The van der Waals surface area contributed by atoms with Gasteiger partial charge in [0.1, 0.15) is 0 Å². The molecular weight excluding hydrogens is 327 g/mol. The van der Waals surface area contributed by atoms with Crippen LogP contribution in [-0.4, -0.2) is 11.9 Å². The highest BCUT2D eigenvalue weighted by molar-refractivity contribution is 6.64. The Balaban J connectivity index is 1.90. The maximum atomic E-state index is 9.96. The van der Waals surface area contributed by atoms with Crippen molar-refractivity contribution in [2.75, 3.05) is 0 Å². The Labute approximate surface area is 161 Å². The van der Waals surface area contributed by atoms with Gasteiger partial charge in [0.15, 0.2) is 0 Å². The predicted molar refractivity (Wildman–Crippen MR) is 116 cm³/mol. The molecule has 2 heteroatoms. The van der Waals surface area contributed by atoms with Gasteiger partial charge in [-0.2, -0.15) is 0 Å². The summed E-state index contributed by atoms with van der Waals surface area (Å²) < 4.78 is 0. The smallest absolute Gasteiger partial charge is 0.320 e. The van der Waals surface area contributed by atoms with E-state index in [-0.39, 0.29) is 0 Å². The Morgan fingerprint density at radius 2 is 0.926 bits per heavy atom. The highest BCUT2D eigenvalue weighted by atomic mass is 16.2. The fraction of sp³-hybridized carbons (Fsp3) is 0.0400. The van der Waals surface area contributed by atoms with E-state index in [0.717, 1.165) is 16.6 Å². The van der Waals surface area contributed by atoms with E-state index >= 15 is 0 Å². The second kappa shape index (κ2) is 7.65. The summed E-state index contributed by atoms with van der Waals surface area (Å²) in [4.78, 5) is 0. The fourth-order valence-corrected chi connectivity index (χ4v) is 3.37. The van der Waals surface area contributed by atoms with Gasteiger partial charge in [-0.05, 0) is 57.0 Å². The first-order valence-electron chi connectivity index (χ1n) is 9.25. The molecule has 0 saturated heterocycles. The van der Waals surface area contributed by atoms with Crippen LogP contribution in [0.25, 0.3) is 33.4 Å². The topological polar surface area (TPSA) is 20.2 Å². The summed E-state index contributed by atoms with van der Waals surface area (Å²) in [5, 5.41) is 9.96. The summed E-state index contributed by atoms with van der Waals surface area (Å²) in [6, 6.07) is 35.7. The van der Waals surface area contributed by atoms with E-state index in [0.29, 0.717) is 0 Å². The Bertz CT molecular complexity index is 982. The molecule has 0 aliphatic rings. The Kier molecular flexibility index (Phi) is 4.91. The van der Waals surface area contributed by atoms with Gasteiger partial charge < -0.3 is 5.02 Å². The lowest BCUT2D eigenvalue weighted by Crippen LogP contribution is -2.25. The maximum Gasteiger partial charge on any atom is 0.320 e. The minimum absolute atomic E-state index is 0.476. The summed E-state index contributed by atoms with van der Waals surface area (Å²) >= 11 is 0. The fourth-order valence-electron chi connectivity index (χ4n) is 3.37. The SMILES string of the molecule is CB(O)c1cccc(-c2cc(-c3ccccc3)cc(-c3ccccc3)c2)c1. The van der Waals surface area contributed by atoms with Crippen LogP contribution < -0.4 is 5.46 Å². The molecule has 0 aromatic heterocycles. The van der Waals surface area contributed by atoms with E-state index in [1.165, 1.54) is 22.3 Å². The van der Waals surface area contributed by atoms with Crippen LogP contribution in [0.1, 0.15) is 0 Å². The van der Waals surface area contributed by atoms with Crippen molar-refractivity contribution in [3.05, 3.63) is 103 Å². The molecule has 0 radical (unpaired) electrons. The number of benzene rings is 4. The monoisotopic (exact) mass is 348 g/mol. The lowest BCUT2D eigenvalue weighted by Gasteiger charge is -2.12. The van der Waals surface area contributed by atoms with Gasteiger partial charge in [-0.3, -0.25) is 0 Å². The Hall–Kier alpha value is -3.10. The van der Waals surface area contributed by atoms with Crippen LogP contribution in [0.2, 0.25) is 6.82 Å². The highest BCUT2D eigenvalue weighted by Crippen LogP contribution is 2.32. The molecule has 0 spiro atoms. The molecular formula is C25H21BO. The zero-order chi connectivity index (χ0) is 18.6. The molecule has 0 fully saturated rings. The number of rotatable bonds is 4. The largest absolute Gasteiger partial charge is 0.447 e. The van der Waals surface area contributed by atoms with Crippen molar-refractivity contribution in [1.82, 2.24) is 0 Å². The van der Waals surface area contributed by atoms with Crippen LogP contribution in [0.5, 0.6) is 0 Å². The average Bonchev–Trinajstić information content (AvgIpc) is 2.75. The quantitative estimate of drug-likeness (QED) is 0.482. The summed E-state index contributed by atoms with van der Waals surface area (Å²) in [5.74, 6) is 0. The van der Waals surface area contributed by atoms with E-state index in [4.69, 9.17) is 0 Å². The third-order valence-electron chi connectivity index (χ3n) is 4.85. The first kappa shape index (κ1) is 17.3. The first-order valence-corrected chi connectivity index (χ1v) is 9.25. The van der Waals surface area contributed by atoms with Gasteiger partial charge in [-0.1, -0.05) is 91.8 Å². The van der Waals surface area contributed by atoms with Crippen molar-refractivity contribution in [3.8, 4) is 33.4 Å². The van der Waals surface area contributed by atoms with Gasteiger partial charge in [0, 0.05) is 0 Å². The number of hydrogen-bond donors (Lipinski definition) is 1. The summed E-state index contributed by atoms with van der Waals surface area (Å²) in [6.45, 7) is 1.32. The van der Waals surface area contributed by atoms with Gasteiger partial charge in [0.05, 0.1) is 0 Å². The van der Waals surface area contributed by atoms with Crippen LogP contribution in [-0.2, 0) is 0 Å². The van der Waals surface area contributed by atoms with Gasteiger partial charge in [-0.25, -0.2) is 0 Å². The normalized spacial score (nSPS) is 10.6. The molecule has 1 N–H and O–H groups in total. The van der Waals surface area contributed by atoms with Crippen molar-refractivity contribution in [1.29, 1.82) is 0 Å². The van der Waals surface area contributed by atoms with Crippen LogP contribution >= 0.6 is 0 Å². The van der Waals surface area contributed by atoms with Gasteiger partial charge >= 0.3 is 6.92 Å². The van der Waals surface area contributed by atoms with Crippen molar-refractivity contribution in [2.45, 2.75) is 6.82 Å². The minimum atomic E-state index is -0.476. The summed E-state index contributed by atoms with van der Waals surface area (Å²) in [7, 11) is 0.